The van der Waals surface area contributed by atoms with Crippen LogP contribution in [0.5, 0.6) is 0 Å². The highest BCUT2D eigenvalue weighted by Gasteiger charge is 2.01. The van der Waals surface area contributed by atoms with E-state index in [-0.39, 0.29) is 12.5 Å². The molecule has 0 fully saturated rings. The molecule has 0 aliphatic carbocycles. The Morgan fingerprint density at radius 1 is 1.29 bits per heavy atom. The first-order chi connectivity index (χ1) is 8.18. The molecule has 4 heteroatoms. The Labute approximate surface area is 102 Å². The molecule has 1 aromatic rings. The van der Waals surface area contributed by atoms with Gasteiger partial charge in [0.1, 0.15) is 0 Å². The quantitative estimate of drug-likeness (QED) is 0.557. The summed E-state index contributed by atoms with van der Waals surface area (Å²) in [6.45, 7) is 5.44. The summed E-state index contributed by atoms with van der Waals surface area (Å²) >= 11 is 0. The second kappa shape index (κ2) is 7.81. The zero-order chi connectivity index (χ0) is 12.5. The molecule has 0 atom stereocenters. The van der Waals surface area contributed by atoms with Crippen molar-refractivity contribution in [1.29, 1.82) is 0 Å². The molecular weight excluding hydrogens is 216 g/mol. The van der Waals surface area contributed by atoms with E-state index in [9.17, 15) is 4.79 Å². The van der Waals surface area contributed by atoms with Crippen molar-refractivity contribution < 1.29 is 9.63 Å². The lowest BCUT2D eigenvalue weighted by molar-refractivity contribution is -0.123. The van der Waals surface area contributed by atoms with Crippen LogP contribution in [0.3, 0.4) is 0 Å². The van der Waals surface area contributed by atoms with Crippen molar-refractivity contribution >= 4 is 5.91 Å². The maximum atomic E-state index is 11.3. The van der Waals surface area contributed by atoms with Crippen molar-refractivity contribution in [3.63, 3.8) is 0 Å². The van der Waals surface area contributed by atoms with Crippen LogP contribution in [0.15, 0.2) is 30.3 Å². The number of benzene rings is 1. The molecular formula is C13H20N2O2. The average Bonchev–Trinajstić information content (AvgIpc) is 2.33. The Morgan fingerprint density at radius 2 is 2.00 bits per heavy atom. The van der Waals surface area contributed by atoms with Crippen molar-refractivity contribution in [2.45, 2.75) is 20.5 Å². The molecule has 0 heterocycles. The minimum atomic E-state index is -0.0493. The van der Waals surface area contributed by atoms with Crippen LogP contribution < -0.4 is 10.8 Å². The second-order valence-corrected chi connectivity index (χ2v) is 4.29. The molecule has 2 N–H and O–H groups in total. The first-order valence-electron chi connectivity index (χ1n) is 5.83. The lowest BCUT2D eigenvalue weighted by atomic mass is 10.2. The number of rotatable bonds is 7. The van der Waals surface area contributed by atoms with E-state index in [1.807, 2.05) is 30.3 Å². The average molecular weight is 236 g/mol. The zero-order valence-electron chi connectivity index (χ0n) is 10.4. The van der Waals surface area contributed by atoms with Gasteiger partial charge in [0.25, 0.3) is 0 Å². The van der Waals surface area contributed by atoms with Gasteiger partial charge in [-0.15, -0.1) is 0 Å². The molecule has 0 unspecified atom stereocenters. The largest absolute Gasteiger partial charge is 0.355 e. The number of carbonyl (C=O) groups is 1. The molecule has 0 spiro atoms. The summed E-state index contributed by atoms with van der Waals surface area (Å²) in [4.78, 5) is 16.5. The highest BCUT2D eigenvalue weighted by molar-refractivity contribution is 5.77. The van der Waals surface area contributed by atoms with Crippen molar-refractivity contribution in [3.8, 4) is 0 Å². The van der Waals surface area contributed by atoms with Gasteiger partial charge in [0.15, 0.2) is 0 Å². The molecule has 1 aromatic carbocycles. The van der Waals surface area contributed by atoms with Crippen molar-refractivity contribution in [2.24, 2.45) is 5.92 Å². The highest BCUT2D eigenvalue weighted by atomic mass is 16.6. The first-order valence-corrected chi connectivity index (χ1v) is 5.83. The Morgan fingerprint density at radius 3 is 2.65 bits per heavy atom. The number of amides is 1. The summed E-state index contributed by atoms with van der Waals surface area (Å²) in [6.07, 6.45) is 0. The Balaban J connectivity index is 2.06. The van der Waals surface area contributed by atoms with Gasteiger partial charge in [-0.2, -0.15) is 5.48 Å². The van der Waals surface area contributed by atoms with Gasteiger partial charge in [0, 0.05) is 6.54 Å². The Hall–Kier alpha value is -1.39. The maximum Gasteiger partial charge on any atom is 0.236 e. The summed E-state index contributed by atoms with van der Waals surface area (Å²) in [6, 6.07) is 9.80. The van der Waals surface area contributed by atoms with Gasteiger partial charge in [-0.25, -0.2) is 0 Å². The smallest absolute Gasteiger partial charge is 0.236 e. The summed E-state index contributed by atoms with van der Waals surface area (Å²) in [7, 11) is 0. The van der Waals surface area contributed by atoms with Crippen LogP contribution in [0.4, 0.5) is 0 Å². The van der Waals surface area contributed by atoms with Crippen LogP contribution in [-0.2, 0) is 16.2 Å². The highest BCUT2D eigenvalue weighted by Crippen LogP contribution is 1.98. The van der Waals surface area contributed by atoms with Crippen LogP contribution in [-0.4, -0.2) is 19.0 Å². The normalized spacial score (nSPS) is 10.5. The molecule has 0 radical (unpaired) electrons. The van der Waals surface area contributed by atoms with E-state index in [1.54, 1.807) is 0 Å². The minimum Gasteiger partial charge on any atom is -0.355 e. The van der Waals surface area contributed by atoms with Crippen molar-refractivity contribution in [2.75, 3.05) is 13.1 Å². The van der Waals surface area contributed by atoms with Gasteiger partial charge in [-0.1, -0.05) is 44.2 Å². The lowest BCUT2D eigenvalue weighted by Crippen LogP contribution is -2.35. The molecule has 4 nitrogen and oxygen atoms in total. The lowest BCUT2D eigenvalue weighted by Gasteiger charge is -2.08. The molecule has 94 valence electrons. The number of hydrogen-bond donors (Lipinski definition) is 2. The predicted molar refractivity (Wildman–Crippen MR) is 67.1 cm³/mol. The van der Waals surface area contributed by atoms with Crippen LogP contribution in [0.2, 0.25) is 0 Å². The van der Waals surface area contributed by atoms with Crippen molar-refractivity contribution in [3.05, 3.63) is 35.9 Å². The molecule has 0 saturated carbocycles. The fourth-order valence-corrected chi connectivity index (χ4v) is 1.21. The van der Waals surface area contributed by atoms with E-state index in [2.05, 4.69) is 24.6 Å². The monoisotopic (exact) mass is 236 g/mol. The van der Waals surface area contributed by atoms with E-state index in [0.717, 1.165) is 5.56 Å². The van der Waals surface area contributed by atoms with Gasteiger partial charge in [0.2, 0.25) is 5.91 Å². The molecule has 17 heavy (non-hydrogen) atoms. The van der Waals surface area contributed by atoms with Gasteiger partial charge >= 0.3 is 0 Å². The summed E-state index contributed by atoms with van der Waals surface area (Å²) in [5, 5.41) is 2.80. The molecule has 1 amide bonds. The van der Waals surface area contributed by atoms with Gasteiger partial charge in [0.05, 0.1) is 13.2 Å². The minimum absolute atomic E-state index is 0.0493. The zero-order valence-corrected chi connectivity index (χ0v) is 10.4. The van der Waals surface area contributed by atoms with Crippen LogP contribution in [0, 0.1) is 5.92 Å². The standard InChI is InChI=1S/C13H20N2O2/c1-11(2)8-14-13(16)9-15-17-10-12-6-4-3-5-7-12/h3-7,11,15H,8-10H2,1-2H3,(H,14,16). The Kier molecular flexibility index (Phi) is 6.29. The fourth-order valence-electron chi connectivity index (χ4n) is 1.21. The summed E-state index contributed by atoms with van der Waals surface area (Å²) in [5.74, 6) is 0.413. The first kappa shape index (κ1) is 13.7. The van der Waals surface area contributed by atoms with Gasteiger partial charge in [-0.05, 0) is 11.5 Å². The maximum absolute atomic E-state index is 11.3. The number of hydrogen-bond acceptors (Lipinski definition) is 3. The molecule has 0 saturated heterocycles. The number of nitrogens with one attached hydrogen (secondary N) is 2. The van der Waals surface area contributed by atoms with E-state index in [4.69, 9.17) is 4.84 Å². The topological polar surface area (TPSA) is 50.4 Å². The SMILES string of the molecule is CC(C)CNC(=O)CNOCc1ccccc1. The Bertz CT molecular complexity index is 325. The molecule has 0 aliphatic heterocycles. The molecule has 0 aliphatic rings. The predicted octanol–water partition coefficient (Wildman–Crippen LogP) is 1.48. The fraction of sp³-hybridized carbons (Fsp3) is 0.462. The van der Waals surface area contributed by atoms with E-state index in [1.165, 1.54) is 0 Å². The van der Waals surface area contributed by atoms with Crippen LogP contribution >= 0.6 is 0 Å². The van der Waals surface area contributed by atoms with Crippen LogP contribution in [0.25, 0.3) is 0 Å². The third-order valence-electron chi connectivity index (χ3n) is 2.12. The third kappa shape index (κ3) is 6.71. The molecule has 1 rings (SSSR count). The van der Waals surface area contributed by atoms with E-state index in [0.29, 0.717) is 19.1 Å². The third-order valence-corrected chi connectivity index (χ3v) is 2.12. The molecule has 0 bridgehead atoms. The van der Waals surface area contributed by atoms with Crippen molar-refractivity contribution in [1.82, 2.24) is 10.8 Å². The van der Waals surface area contributed by atoms with Gasteiger partial charge in [-0.3, -0.25) is 9.63 Å². The summed E-state index contributed by atoms with van der Waals surface area (Å²) in [5.41, 5.74) is 3.72. The molecule has 0 aromatic heterocycles. The van der Waals surface area contributed by atoms with Crippen LogP contribution in [0.1, 0.15) is 19.4 Å². The van der Waals surface area contributed by atoms with E-state index >= 15 is 0 Å². The van der Waals surface area contributed by atoms with Gasteiger partial charge < -0.3 is 5.32 Å². The number of hydroxylamine groups is 1. The second-order valence-electron chi connectivity index (χ2n) is 4.29. The number of carbonyl (C=O) groups excluding carboxylic acids is 1. The summed E-state index contributed by atoms with van der Waals surface area (Å²) < 4.78 is 0. The van der Waals surface area contributed by atoms with E-state index < -0.39 is 0 Å².